The number of hydrogen-bond donors (Lipinski definition) is 0. The maximum Gasteiger partial charge on any atom is 0.118 e. The van der Waals surface area contributed by atoms with E-state index < -0.39 is 0 Å². The molecule has 0 N–H and O–H groups in total. The van der Waals surface area contributed by atoms with Gasteiger partial charge in [-0.2, -0.15) is 0 Å². The maximum absolute atomic E-state index is 5.15. The highest BCUT2D eigenvalue weighted by molar-refractivity contribution is 5.29. The van der Waals surface area contributed by atoms with Gasteiger partial charge in [-0.05, 0) is 42.4 Å². The van der Waals surface area contributed by atoms with Crippen LogP contribution < -0.4 is 4.74 Å². The fourth-order valence-corrected chi connectivity index (χ4v) is 2.39. The lowest BCUT2D eigenvalue weighted by molar-refractivity contribution is 0.414. The zero-order valence-corrected chi connectivity index (χ0v) is 8.99. The summed E-state index contributed by atoms with van der Waals surface area (Å²) in [6, 6.07) is 8.56. The summed E-state index contributed by atoms with van der Waals surface area (Å²) in [5, 5.41) is 0. The smallest absolute Gasteiger partial charge is 0.118 e. The summed E-state index contributed by atoms with van der Waals surface area (Å²) < 4.78 is 5.15. The molecule has 76 valence electrons. The topological polar surface area (TPSA) is 9.23 Å². The molecule has 1 aromatic rings. The lowest BCUT2D eigenvalue weighted by Crippen LogP contribution is -1.93. The van der Waals surface area contributed by atoms with E-state index in [9.17, 15) is 0 Å². The van der Waals surface area contributed by atoms with Crippen molar-refractivity contribution >= 4 is 0 Å². The quantitative estimate of drug-likeness (QED) is 0.692. The Morgan fingerprint density at radius 2 is 1.86 bits per heavy atom. The highest BCUT2D eigenvalue weighted by Crippen LogP contribution is 2.38. The molecule has 0 spiro atoms. The molecule has 0 bridgehead atoms. The molecule has 2 rings (SSSR count). The number of hydrogen-bond acceptors (Lipinski definition) is 1. The van der Waals surface area contributed by atoms with Crippen LogP contribution in [-0.2, 0) is 0 Å². The average molecular weight is 190 g/mol. The Labute approximate surface area is 86.1 Å². The van der Waals surface area contributed by atoms with Crippen LogP contribution in [0.1, 0.15) is 37.7 Å². The first kappa shape index (κ1) is 9.57. The second-order valence-corrected chi connectivity index (χ2v) is 4.39. The molecule has 2 atom stereocenters. The Bertz CT molecular complexity index is 289. The third kappa shape index (κ3) is 1.92. The van der Waals surface area contributed by atoms with Gasteiger partial charge in [-0.25, -0.2) is 0 Å². The molecule has 1 heteroatoms. The van der Waals surface area contributed by atoms with E-state index in [-0.39, 0.29) is 0 Å². The van der Waals surface area contributed by atoms with Crippen LogP contribution >= 0.6 is 0 Å². The first-order chi connectivity index (χ1) is 6.79. The van der Waals surface area contributed by atoms with E-state index >= 15 is 0 Å². The minimum Gasteiger partial charge on any atom is -0.497 e. The van der Waals surface area contributed by atoms with Crippen molar-refractivity contribution in [3.05, 3.63) is 29.8 Å². The van der Waals surface area contributed by atoms with Gasteiger partial charge in [0.15, 0.2) is 0 Å². The number of ether oxygens (including phenoxy) is 1. The minimum absolute atomic E-state index is 0.788. The van der Waals surface area contributed by atoms with Crippen LogP contribution in [0, 0.1) is 5.92 Å². The average Bonchev–Trinajstić information content (AvgIpc) is 2.65. The van der Waals surface area contributed by atoms with E-state index in [2.05, 4.69) is 31.2 Å². The molecule has 14 heavy (non-hydrogen) atoms. The van der Waals surface area contributed by atoms with Gasteiger partial charge in [0.05, 0.1) is 7.11 Å². The minimum atomic E-state index is 0.788. The van der Waals surface area contributed by atoms with Crippen LogP contribution in [0.4, 0.5) is 0 Å². The van der Waals surface area contributed by atoms with Gasteiger partial charge in [0.1, 0.15) is 5.75 Å². The van der Waals surface area contributed by atoms with E-state index in [0.717, 1.165) is 17.6 Å². The van der Waals surface area contributed by atoms with Gasteiger partial charge in [-0.3, -0.25) is 0 Å². The molecule has 1 aliphatic rings. The summed E-state index contributed by atoms with van der Waals surface area (Å²) in [6.45, 7) is 2.35. The van der Waals surface area contributed by atoms with Gasteiger partial charge < -0.3 is 4.74 Å². The second kappa shape index (κ2) is 4.04. The van der Waals surface area contributed by atoms with Crippen LogP contribution in [0.3, 0.4) is 0 Å². The summed E-state index contributed by atoms with van der Waals surface area (Å²) >= 11 is 0. The Hall–Kier alpha value is -0.980. The van der Waals surface area contributed by atoms with Crippen molar-refractivity contribution in [2.45, 2.75) is 32.1 Å². The van der Waals surface area contributed by atoms with Crippen molar-refractivity contribution < 1.29 is 4.74 Å². The van der Waals surface area contributed by atoms with Crippen LogP contribution in [0.5, 0.6) is 5.75 Å². The molecule has 0 radical (unpaired) electrons. The lowest BCUT2D eigenvalue weighted by Gasteiger charge is -2.10. The van der Waals surface area contributed by atoms with Gasteiger partial charge >= 0.3 is 0 Å². The molecular weight excluding hydrogens is 172 g/mol. The summed E-state index contributed by atoms with van der Waals surface area (Å²) in [6.07, 6.45) is 4.09. The van der Waals surface area contributed by atoms with Crippen LogP contribution in [0.15, 0.2) is 24.3 Å². The van der Waals surface area contributed by atoms with E-state index in [1.165, 1.54) is 24.8 Å². The predicted molar refractivity (Wildman–Crippen MR) is 58.8 cm³/mol. The fourth-order valence-electron chi connectivity index (χ4n) is 2.39. The molecule has 0 amide bonds. The highest BCUT2D eigenvalue weighted by atomic mass is 16.5. The molecule has 1 nitrogen and oxygen atoms in total. The van der Waals surface area contributed by atoms with Crippen molar-refractivity contribution in [3.63, 3.8) is 0 Å². The van der Waals surface area contributed by atoms with E-state index in [1.54, 1.807) is 7.11 Å². The van der Waals surface area contributed by atoms with Crippen molar-refractivity contribution in [2.75, 3.05) is 7.11 Å². The zero-order chi connectivity index (χ0) is 9.97. The third-order valence-corrected chi connectivity index (χ3v) is 3.28. The maximum atomic E-state index is 5.15. The Morgan fingerprint density at radius 1 is 1.14 bits per heavy atom. The molecule has 0 aromatic heterocycles. The summed E-state index contributed by atoms with van der Waals surface area (Å²) in [7, 11) is 1.71. The number of methoxy groups -OCH3 is 1. The molecular formula is C13H18O. The molecule has 0 aliphatic heterocycles. The zero-order valence-electron chi connectivity index (χ0n) is 8.99. The van der Waals surface area contributed by atoms with Crippen LogP contribution in [0.25, 0.3) is 0 Å². The summed E-state index contributed by atoms with van der Waals surface area (Å²) in [5.74, 6) is 2.65. The third-order valence-electron chi connectivity index (χ3n) is 3.28. The van der Waals surface area contributed by atoms with E-state index in [1.807, 2.05) is 0 Å². The van der Waals surface area contributed by atoms with Crippen molar-refractivity contribution in [3.8, 4) is 5.75 Å². The van der Waals surface area contributed by atoms with Crippen molar-refractivity contribution in [1.82, 2.24) is 0 Å². The normalized spacial score (nSPS) is 26.4. The van der Waals surface area contributed by atoms with E-state index in [4.69, 9.17) is 4.74 Å². The standard InChI is InChI=1S/C13H18O/c1-10-3-4-12(9-10)11-5-7-13(14-2)8-6-11/h5-8,10,12H,3-4,9H2,1-2H3. The molecule has 0 heterocycles. The van der Waals surface area contributed by atoms with Crippen LogP contribution in [0.2, 0.25) is 0 Å². The van der Waals surface area contributed by atoms with Crippen molar-refractivity contribution in [1.29, 1.82) is 0 Å². The van der Waals surface area contributed by atoms with Gasteiger partial charge in [0.2, 0.25) is 0 Å². The second-order valence-electron chi connectivity index (χ2n) is 4.39. The Morgan fingerprint density at radius 3 is 2.36 bits per heavy atom. The Kier molecular flexibility index (Phi) is 2.76. The first-order valence-corrected chi connectivity index (χ1v) is 5.43. The number of rotatable bonds is 2. The SMILES string of the molecule is COc1ccc(C2CCC(C)C2)cc1. The van der Waals surface area contributed by atoms with E-state index in [0.29, 0.717) is 0 Å². The predicted octanol–water partition coefficient (Wildman–Crippen LogP) is 3.60. The molecule has 1 fully saturated rings. The largest absolute Gasteiger partial charge is 0.497 e. The van der Waals surface area contributed by atoms with Gasteiger partial charge in [-0.15, -0.1) is 0 Å². The Balaban J connectivity index is 2.09. The van der Waals surface area contributed by atoms with Gasteiger partial charge in [0.25, 0.3) is 0 Å². The summed E-state index contributed by atoms with van der Waals surface area (Å²) in [5.41, 5.74) is 1.48. The van der Waals surface area contributed by atoms with Crippen molar-refractivity contribution in [2.24, 2.45) is 5.92 Å². The molecule has 1 saturated carbocycles. The molecule has 1 aromatic carbocycles. The molecule has 2 unspecified atom stereocenters. The van der Waals surface area contributed by atoms with Gasteiger partial charge in [0, 0.05) is 0 Å². The van der Waals surface area contributed by atoms with Gasteiger partial charge in [-0.1, -0.05) is 25.5 Å². The highest BCUT2D eigenvalue weighted by Gasteiger charge is 2.22. The number of benzene rings is 1. The fraction of sp³-hybridized carbons (Fsp3) is 0.538. The monoisotopic (exact) mass is 190 g/mol. The molecule has 0 saturated heterocycles. The van der Waals surface area contributed by atoms with Crippen LogP contribution in [-0.4, -0.2) is 7.11 Å². The lowest BCUT2D eigenvalue weighted by atomic mass is 9.97. The molecule has 1 aliphatic carbocycles. The first-order valence-electron chi connectivity index (χ1n) is 5.43. The summed E-state index contributed by atoms with van der Waals surface area (Å²) in [4.78, 5) is 0.